The van der Waals surface area contributed by atoms with Crippen molar-refractivity contribution in [1.82, 2.24) is 9.55 Å². The van der Waals surface area contributed by atoms with Crippen LogP contribution in [0, 0.1) is 12.7 Å². The summed E-state index contributed by atoms with van der Waals surface area (Å²) in [6, 6.07) is 15.7. The Bertz CT molecular complexity index is 936. The highest BCUT2D eigenvalue weighted by Crippen LogP contribution is 2.19. The summed E-state index contributed by atoms with van der Waals surface area (Å²) in [5, 5.41) is 9.24. The lowest BCUT2D eigenvalue weighted by Crippen LogP contribution is -2.29. The van der Waals surface area contributed by atoms with Crippen LogP contribution in [0.3, 0.4) is 0 Å². The molecule has 0 aliphatic rings. The number of halogens is 1. The Balaban J connectivity index is 2.21. The molecule has 2 aromatic carbocycles. The maximum absolute atomic E-state index is 14.1. The second-order valence-corrected chi connectivity index (χ2v) is 5.82. The van der Waals surface area contributed by atoms with E-state index in [4.69, 9.17) is 0 Å². The fourth-order valence-corrected chi connectivity index (χ4v) is 2.85. The largest absolute Gasteiger partial charge is 0.396 e. The van der Waals surface area contributed by atoms with Crippen molar-refractivity contribution in [1.29, 1.82) is 0 Å². The van der Waals surface area contributed by atoms with Gasteiger partial charge in [-0.2, -0.15) is 0 Å². The molecule has 0 bridgehead atoms. The molecule has 0 amide bonds. The third-order valence-electron chi connectivity index (χ3n) is 4.15. The number of benzene rings is 2. The fourth-order valence-electron chi connectivity index (χ4n) is 2.85. The molecule has 0 saturated heterocycles. The third kappa shape index (κ3) is 3.51. The van der Waals surface area contributed by atoms with Gasteiger partial charge in [0.25, 0.3) is 5.56 Å². The van der Waals surface area contributed by atoms with E-state index in [9.17, 15) is 14.3 Å². The zero-order chi connectivity index (χ0) is 17.8. The number of hydrogen-bond acceptors (Lipinski definition) is 3. The Morgan fingerprint density at radius 1 is 1.08 bits per heavy atom. The van der Waals surface area contributed by atoms with Gasteiger partial charge < -0.3 is 5.11 Å². The van der Waals surface area contributed by atoms with Crippen LogP contribution in [0.5, 0.6) is 0 Å². The number of aliphatic hydroxyl groups is 1. The van der Waals surface area contributed by atoms with Gasteiger partial charge in [0.05, 0.1) is 6.54 Å². The smallest absolute Gasteiger partial charge is 0.257 e. The highest BCUT2D eigenvalue weighted by Gasteiger charge is 2.16. The lowest BCUT2D eigenvalue weighted by Gasteiger charge is -2.16. The minimum absolute atomic E-state index is 0.0848. The van der Waals surface area contributed by atoms with E-state index in [1.54, 1.807) is 25.1 Å². The van der Waals surface area contributed by atoms with Crippen molar-refractivity contribution < 1.29 is 9.50 Å². The van der Waals surface area contributed by atoms with Crippen LogP contribution in [0.25, 0.3) is 11.4 Å². The molecule has 3 rings (SSSR count). The predicted octanol–water partition coefficient (Wildman–Crippen LogP) is 2.94. The number of nitrogens with zero attached hydrogens (tertiary/aromatic N) is 2. The van der Waals surface area contributed by atoms with Gasteiger partial charge in [0, 0.05) is 35.4 Å². The van der Waals surface area contributed by atoms with Crippen molar-refractivity contribution in [2.24, 2.45) is 0 Å². The molecule has 0 spiro atoms. The molecule has 0 radical (unpaired) electrons. The predicted molar refractivity (Wildman–Crippen MR) is 95.0 cm³/mol. The molecule has 1 aromatic heterocycles. The van der Waals surface area contributed by atoms with Gasteiger partial charge in [-0.25, -0.2) is 9.37 Å². The lowest BCUT2D eigenvalue weighted by atomic mass is 10.1. The molecule has 0 aliphatic carbocycles. The maximum Gasteiger partial charge on any atom is 0.257 e. The van der Waals surface area contributed by atoms with Gasteiger partial charge in [-0.15, -0.1) is 0 Å². The number of aliphatic hydroxyl groups excluding tert-OH is 1. The number of aromatic nitrogens is 2. The van der Waals surface area contributed by atoms with E-state index in [1.165, 1.54) is 10.6 Å². The SMILES string of the molecule is Cc1nc(-c2ccccc2)n(Cc2ccccc2F)c(=O)c1CCO. The minimum atomic E-state index is -0.363. The quantitative estimate of drug-likeness (QED) is 0.778. The number of hydrogen-bond donors (Lipinski definition) is 1. The first-order valence-electron chi connectivity index (χ1n) is 8.12. The third-order valence-corrected chi connectivity index (χ3v) is 4.15. The van der Waals surface area contributed by atoms with Crippen LogP contribution in [0.4, 0.5) is 4.39 Å². The molecule has 0 atom stereocenters. The Kier molecular flexibility index (Phi) is 5.05. The molecule has 128 valence electrons. The van der Waals surface area contributed by atoms with Crippen LogP contribution in [-0.4, -0.2) is 21.3 Å². The van der Waals surface area contributed by atoms with Gasteiger partial charge in [-0.1, -0.05) is 48.5 Å². The van der Waals surface area contributed by atoms with Gasteiger partial charge in [0.2, 0.25) is 0 Å². The van der Waals surface area contributed by atoms with Crippen molar-refractivity contribution in [3.05, 3.63) is 87.6 Å². The fraction of sp³-hybridized carbons (Fsp3) is 0.200. The second kappa shape index (κ2) is 7.40. The van der Waals surface area contributed by atoms with E-state index < -0.39 is 0 Å². The zero-order valence-corrected chi connectivity index (χ0v) is 13.9. The topological polar surface area (TPSA) is 55.1 Å². The summed E-state index contributed by atoms with van der Waals surface area (Å²) < 4.78 is 15.6. The molecular weight excluding hydrogens is 319 g/mol. The molecule has 5 heteroatoms. The molecule has 0 saturated carbocycles. The van der Waals surface area contributed by atoms with Crippen LogP contribution in [0.2, 0.25) is 0 Å². The van der Waals surface area contributed by atoms with E-state index >= 15 is 0 Å². The minimum Gasteiger partial charge on any atom is -0.396 e. The molecule has 0 fully saturated rings. The summed E-state index contributed by atoms with van der Waals surface area (Å²) in [5.74, 6) is 0.130. The Labute approximate surface area is 145 Å². The zero-order valence-electron chi connectivity index (χ0n) is 13.9. The Morgan fingerprint density at radius 2 is 1.76 bits per heavy atom. The first-order chi connectivity index (χ1) is 12.1. The summed E-state index contributed by atoms with van der Waals surface area (Å²) in [6.07, 6.45) is 0.226. The van der Waals surface area contributed by atoms with Gasteiger partial charge >= 0.3 is 0 Å². The van der Waals surface area contributed by atoms with Gasteiger partial charge in [-0.3, -0.25) is 9.36 Å². The van der Waals surface area contributed by atoms with E-state index in [0.717, 1.165) is 5.56 Å². The highest BCUT2D eigenvalue weighted by atomic mass is 19.1. The summed E-state index contributed by atoms with van der Waals surface area (Å²) in [5.41, 5.74) is 2.00. The average Bonchev–Trinajstić information content (AvgIpc) is 2.63. The maximum atomic E-state index is 14.1. The normalized spacial score (nSPS) is 10.8. The highest BCUT2D eigenvalue weighted by molar-refractivity contribution is 5.56. The molecule has 4 nitrogen and oxygen atoms in total. The average molecular weight is 338 g/mol. The van der Waals surface area contributed by atoms with Gasteiger partial charge in [0.1, 0.15) is 11.6 Å². The number of aryl methyl sites for hydroxylation is 1. The van der Waals surface area contributed by atoms with Crippen molar-refractivity contribution in [2.75, 3.05) is 6.61 Å². The molecular formula is C20H19FN2O2. The molecule has 25 heavy (non-hydrogen) atoms. The molecule has 0 aliphatic heterocycles. The van der Waals surface area contributed by atoms with Crippen LogP contribution in [0.1, 0.15) is 16.8 Å². The summed E-state index contributed by atoms with van der Waals surface area (Å²) >= 11 is 0. The van der Waals surface area contributed by atoms with Crippen molar-refractivity contribution >= 4 is 0 Å². The molecule has 1 N–H and O–H groups in total. The molecule has 3 aromatic rings. The van der Waals surface area contributed by atoms with Crippen molar-refractivity contribution in [3.63, 3.8) is 0 Å². The summed E-state index contributed by atoms with van der Waals surface area (Å²) in [6.45, 7) is 1.70. The summed E-state index contributed by atoms with van der Waals surface area (Å²) in [7, 11) is 0. The van der Waals surface area contributed by atoms with Crippen molar-refractivity contribution in [3.8, 4) is 11.4 Å². The molecule has 0 unspecified atom stereocenters. The number of rotatable bonds is 5. The Morgan fingerprint density at radius 3 is 2.44 bits per heavy atom. The summed E-state index contributed by atoms with van der Waals surface area (Å²) in [4.78, 5) is 17.6. The molecule has 1 heterocycles. The van der Waals surface area contributed by atoms with Crippen LogP contribution in [-0.2, 0) is 13.0 Å². The van der Waals surface area contributed by atoms with Crippen LogP contribution in [0.15, 0.2) is 59.4 Å². The second-order valence-electron chi connectivity index (χ2n) is 5.82. The van der Waals surface area contributed by atoms with Gasteiger partial charge in [-0.05, 0) is 13.0 Å². The van der Waals surface area contributed by atoms with Gasteiger partial charge in [0.15, 0.2) is 0 Å². The first kappa shape index (κ1) is 17.0. The Hall–Kier alpha value is -2.79. The van der Waals surface area contributed by atoms with Crippen LogP contribution < -0.4 is 5.56 Å². The van der Waals surface area contributed by atoms with E-state index in [2.05, 4.69) is 4.98 Å². The van der Waals surface area contributed by atoms with Crippen LogP contribution >= 0.6 is 0 Å². The lowest BCUT2D eigenvalue weighted by molar-refractivity contribution is 0.298. The monoisotopic (exact) mass is 338 g/mol. The van der Waals surface area contributed by atoms with Crippen molar-refractivity contribution in [2.45, 2.75) is 19.9 Å². The standard InChI is InChI=1S/C20H19FN2O2/c1-14-17(11-12-24)20(25)23(13-16-9-5-6-10-18(16)21)19(22-14)15-7-3-2-4-8-15/h2-10,24H,11-13H2,1H3. The van der Waals surface area contributed by atoms with E-state index in [1.807, 2.05) is 30.3 Å². The first-order valence-corrected chi connectivity index (χ1v) is 8.12. The van der Waals surface area contributed by atoms with E-state index in [-0.39, 0.29) is 30.9 Å². The van der Waals surface area contributed by atoms with E-state index in [0.29, 0.717) is 22.6 Å².